The number of rotatable bonds is 8. The minimum absolute atomic E-state index is 0.322. The predicted molar refractivity (Wildman–Crippen MR) is 91.8 cm³/mol. The van der Waals surface area contributed by atoms with Crippen molar-refractivity contribution < 1.29 is 23.8 Å². The van der Waals surface area contributed by atoms with E-state index in [-0.39, 0.29) is 6.61 Å². The number of hydrogen-bond donors (Lipinski definition) is 2. The van der Waals surface area contributed by atoms with E-state index in [4.69, 9.17) is 14.3 Å². The molecule has 2 N–H and O–H groups in total. The summed E-state index contributed by atoms with van der Waals surface area (Å²) in [4.78, 5) is 34.4. The highest BCUT2D eigenvalue weighted by Gasteiger charge is 2.19. The molecular formula is C18H21NO6. The van der Waals surface area contributed by atoms with E-state index in [2.05, 4.69) is 5.32 Å². The third-order valence-electron chi connectivity index (χ3n) is 3.77. The highest BCUT2D eigenvalue weighted by atomic mass is 16.5. The summed E-state index contributed by atoms with van der Waals surface area (Å²) in [6, 6.07) is 5.41. The number of aryl methyl sites for hydroxylation is 1. The molecule has 0 saturated carbocycles. The Morgan fingerprint density at radius 1 is 1.32 bits per heavy atom. The van der Waals surface area contributed by atoms with Gasteiger partial charge in [-0.3, -0.25) is 4.79 Å². The van der Waals surface area contributed by atoms with E-state index in [1.165, 1.54) is 12.1 Å². The van der Waals surface area contributed by atoms with Crippen molar-refractivity contribution in [1.82, 2.24) is 5.32 Å². The van der Waals surface area contributed by atoms with E-state index >= 15 is 0 Å². The number of carbonyl (C=O) groups is 2. The lowest BCUT2D eigenvalue weighted by Gasteiger charge is -2.14. The smallest absolute Gasteiger partial charge is 0.336 e. The molecule has 1 amide bonds. The molecule has 0 spiro atoms. The van der Waals surface area contributed by atoms with Crippen molar-refractivity contribution in [3.8, 4) is 5.75 Å². The molecule has 2 rings (SSSR count). The second-order valence-corrected chi connectivity index (χ2v) is 5.80. The van der Waals surface area contributed by atoms with Gasteiger partial charge in [0.05, 0.1) is 0 Å². The molecule has 7 heteroatoms. The first-order valence-electron chi connectivity index (χ1n) is 8.10. The molecule has 0 aliphatic carbocycles. The topological polar surface area (TPSA) is 106 Å². The van der Waals surface area contributed by atoms with E-state index in [1.54, 1.807) is 19.1 Å². The number of amides is 1. The highest BCUT2D eigenvalue weighted by Crippen LogP contribution is 2.22. The van der Waals surface area contributed by atoms with Gasteiger partial charge in [-0.05, 0) is 31.0 Å². The van der Waals surface area contributed by atoms with Gasteiger partial charge in [-0.15, -0.1) is 0 Å². The zero-order valence-electron chi connectivity index (χ0n) is 14.2. The van der Waals surface area contributed by atoms with Crippen molar-refractivity contribution in [2.24, 2.45) is 0 Å². The Morgan fingerprint density at radius 3 is 2.76 bits per heavy atom. The van der Waals surface area contributed by atoms with Gasteiger partial charge in [0.15, 0.2) is 6.61 Å². The molecule has 0 unspecified atom stereocenters. The molecule has 25 heavy (non-hydrogen) atoms. The van der Waals surface area contributed by atoms with Gasteiger partial charge in [0.2, 0.25) is 0 Å². The number of unbranched alkanes of at least 4 members (excludes halogenated alkanes) is 1. The zero-order valence-corrected chi connectivity index (χ0v) is 14.2. The minimum atomic E-state index is -1.07. The standard InChI is InChI=1S/C18H21NO6/c1-3-4-5-14(18(22)23)19-16(20)10-24-12-6-7-13-11(2)8-17(21)25-15(13)9-12/h6-9,14H,3-5,10H2,1-2H3,(H,19,20)(H,22,23)/t14-/m0/s1. The Labute approximate surface area is 144 Å². The van der Waals surface area contributed by atoms with Gasteiger partial charge in [-0.1, -0.05) is 19.8 Å². The lowest BCUT2D eigenvalue weighted by atomic mass is 10.1. The molecule has 1 atom stereocenters. The van der Waals surface area contributed by atoms with Crippen molar-refractivity contribution in [2.75, 3.05) is 6.61 Å². The quantitative estimate of drug-likeness (QED) is 0.710. The van der Waals surface area contributed by atoms with Gasteiger partial charge in [-0.25, -0.2) is 9.59 Å². The first-order valence-corrected chi connectivity index (χ1v) is 8.10. The molecule has 134 valence electrons. The fourth-order valence-electron chi connectivity index (χ4n) is 2.45. The van der Waals surface area contributed by atoms with E-state index in [9.17, 15) is 14.4 Å². The predicted octanol–water partition coefficient (Wildman–Crippen LogP) is 2.24. The van der Waals surface area contributed by atoms with Crippen LogP contribution in [0.5, 0.6) is 5.75 Å². The van der Waals surface area contributed by atoms with Crippen LogP contribution < -0.4 is 15.7 Å². The summed E-state index contributed by atoms with van der Waals surface area (Å²) in [7, 11) is 0. The molecule has 1 aromatic heterocycles. The number of hydrogen-bond acceptors (Lipinski definition) is 5. The van der Waals surface area contributed by atoms with Gasteiger partial charge in [0.25, 0.3) is 5.91 Å². The fourth-order valence-corrected chi connectivity index (χ4v) is 2.45. The van der Waals surface area contributed by atoms with Crippen molar-refractivity contribution in [3.05, 3.63) is 40.2 Å². The van der Waals surface area contributed by atoms with E-state index < -0.39 is 23.5 Å². The Balaban J connectivity index is 2.00. The maximum Gasteiger partial charge on any atom is 0.336 e. The minimum Gasteiger partial charge on any atom is -0.484 e. The van der Waals surface area contributed by atoms with Crippen LogP contribution in [0.15, 0.2) is 33.5 Å². The van der Waals surface area contributed by atoms with E-state index in [0.29, 0.717) is 24.2 Å². The summed E-state index contributed by atoms with van der Waals surface area (Å²) in [6.07, 6.45) is 1.93. The molecule has 0 bridgehead atoms. The number of carboxylic acid groups (broad SMARTS) is 1. The van der Waals surface area contributed by atoms with Gasteiger partial charge in [-0.2, -0.15) is 0 Å². The number of fused-ring (bicyclic) bond motifs is 1. The monoisotopic (exact) mass is 347 g/mol. The first kappa shape index (κ1) is 18.5. The Bertz CT molecular complexity index is 826. The number of ether oxygens (including phenoxy) is 1. The Morgan fingerprint density at radius 2 is 2.08 bits per heavy atom. The van der Waals surface area contributed by atoms with Crippen LogP contribution >= 0.6 is 0 Å². The Hall–Kier alpha value is -2.83. The molecule has 1 aromatic carbocycles. The second kappa shape index (κ2) is 8.32. The molecule has 0 aliphatic heterocycles. The maximum atomic E-state index is 11.9. The summed E-state index contributed by atoms with van der Waals surface area (Å²) in [6.45, 7) is 3.43. The van der Waals surface area contributed by atoms with Gasteiger partial charge >= 0.3 is 11.6 Å². The van der Waals surface area contributed by atoms with Crippen molar-refractivity contribution >= 4 is 22.8 Å². The highest BCUT2D eigenvalue weighted by molar-refractivity contribution is 5.84. The molecule has 0 radical (unpaired) electrons. The number of carbonyl (C=O) groups excluding carboxylic acids is 1. The molecule has 7 nitrogen and oxygen atoms in total. The maximum absolute atomic E-state index is 11.9. The van der Waals surface area contributed by atoms with E-state index in [1.807, 2.05) is 6.92 Å². The van der Waals surface area contributed by atoms with Gasteiger partial charge in [0.1, 0.15) is 17.4 Å². The summed E-state index contributed by atoms with van der Waals surface area (Å²) < 4.78 is 10.5. The summed E-state index contributed by atoms with van der Waals surface area (Å²) in [5.74, 6) is -1.23. The van der Waals surface area contributed by atoms with Crippen LogP contribution in [0.4, 0.5) is 0 Å². The number of benzene rings is 1. The number of nitrogens with one attached hydrogen (secondary N) is 1. The van der Waals surface area contributed by atoms with Crippen LogP contribution in [0, 0.1) is 6.92 Å². The second-order valence-electron chi connectivity index (χ2n) is 5.80. The molecule has 0 aliphatic rings. The summed E-state index contributed by atoms with van der Waals surface area (Å²) >= 11 is 0. The van der Waals surface area contributed by atoms with Gasteiger partial charge in [0, 0.05) is 17.5 Å². The van der Waals surface area contributed by atoms with Crippen molar-refractivity contribution in [2.45, 2.75) is 39.2 Å². The largest absolute Gasteiger partial charge is 0.484 e. The van der Waals surface area contributed by atoms with Crippen LogP contribution in [0.1, 0.15) is 31.7 Å². The SMILES string of the molecule is CCCC[C@H](NC(=O)COc1ccc2c(C)cc(=O)oc2c1)C(=O)O. The van der Waals surface area contributed by atoms with Crippen LogP contribution in [-0.2, 0) is 9.59 Å². The Kier molecular flexibility index (Phi) is 6.16. The molecule has 2 aromatic rings. The van der Waals surface area contributed by atoms with Crippen LogP contribution in [0.3, 0.4) is 0 Å². The van der Waals surface area contributed by atoms with E-state index in [0.717, 1.165) is 17.4 Å². The number of aliphatic carboxylic acids is 1. The third-order valence-corrected chi connectivity index (χ3v) is 3.77. The van der Waals surface area contributed by atoms with Crippen LogP contribution in [0.2, 0.25) is 0 Å². The summed E-state index contributed by atoms with van der Waals surface area (Å²) in [5.41, 5.74) is 0.699. The zero-order chi connectivity index (χ0) is 18.4. The fraction of sp³-hybridized carbons (Fsp3) is 0.389. The summed E-state index contributed by atoms with van der Waals surface area (Å²) in [5, 5.41) is 12.3. The lowest BCUT2D eigenvalue weighted by Crippen LogP contribution is -2.42. The van der Waals surface area contributed by atoms with Crippen molar-refractivity contribution in [1.29, 1.82) is 0 Å². The first-order chi connectivity index (χ1) is 11.9. The number of carboxylic acids is 1. The average Bonchev–Trinajstić information content (AvgIpc) is 2.56. The van der Waals surface area contributed by atoms with Gasteiger partial charge < -0.3 is 19.6 Å². The van der Waals surface area contributed by atoms with Crippen LogP contribution in [0.25, 0.3) is 11.0 Å². The molecule has 0 saturated heterocycles. The molecule has 1 heterocycles. The van der Waals surface area contributed by atoms with Crippen molar-refractivity contribution in [3.63, 3.8) is 0 Å². The molecule has 0 fully saturated rings. The normalized spacial score (nSPS) is 11.9. The lowest BCUT2D eigenvalue weighted by molar-refractivity contribution is -0.142. The average molecular weight is 347 g/mol. The molecular weight excluding hydrogens is 326 g/mol. The third kappa shape index (κ3) is 5.07. The van der Waals surface area contributed by atoms with Crippen LogP contribution in [-0.4, -0.2) is 29.6 Å².